The molecule has 8 nitrogen and oxygen atoms in total. The van der Waals surface area contributed by atoms with Gasteiger partial charge in [0.15, 0.2) is 0 Å². The molecule has 1 amide bonds. The summed E-state index contributed by atoms with van der Waals surface area (Å²) in [4.78, 5) is 24.1. The Morgan fingerprint density at radius 3 is 2.58 bits per heavy atom. The second kappa shape index (κ2) is 10.4. The number of nitrogens with one attached hydrogen (secondary N) is 1. The van der Waals surface area contributed by atoms with Gasteiger partial charge in [0.05, 0.1) is 25.3 Å². The fourth-order valence-electron chi connectivity index (χ4n) is 5.23. The van der Waals surface area contributed by atoms with Crippen molar-refractivity contribution in [2.24, 2.45) is 0 Å². The summed E-state index contributed by atoms with van der Waals surface area (Å²) in [6.45, 7) is 7.84. The molecule has 3 fully saturated rings. The van der Waals surface area contributed by atoms with Crippen molar-refractivity contribution in [1.29, 1.82) is 5.26 Å². The zero-order chi connectivity index (χ0) is 21.5. The molecule has 2 saturated heterocycles. The number of aromatic nitrogens is 1. The summed E-state index contributed by atoms with van der Waals surface area (Å²) in [5.41, 5.74) is 0.706. The molecule has 1 aliphatic carbocycles. The number of ether oxygens (including phenoxy) is 1. The van der Waals surface area contributed by atoms with Crippen LogP contribution in [0.15, 0.2) is 18.3 Å². The third kappa shape index (κ3) is 5.35. The predicted molar refractivity (Wildman–Crippen MR) is 119 cm³/mol. The van der Waals surface area contributed by atoms with Crippen LogP contribution in [0.3, 0.4) is 0 Å². The second-order valence-electron chi connectivity index (χ2n) is 8.91. The molecule has 168 valence electrons. The number of nitrogens with zero attached hydrogens (tertiary/aromatic N) is 5. The van der Waals surface area contributed by atoms with Crippen molar-refractivity contribution in [2.75, 3.05) is 70.5 Å². The molecule has 1 N–H and O–H groups in total. The Morgan fingerprint density at radius 1 is 1.13 bits per heavy atom. The zero-order valence-corrected chi connectivity index (χ0v) is 18.4. The molecule has 0 unspecified atom stereocenters. The lowest BCUT2D eigenvalue weighted by Crippen LogP contribution is -2.60. The average molecular weight is 427 g/mol. The lowest BCUT2D eigenvalue weighted by Gasteiger charge is -2.48. The van der Waals surface area contributed by atoms with Crippen molar-refractivity contribution in [3.63, 3.8) is 0 Å². The van der Waals surface area contributed by atoms with Gasteiger partial charge >= 0.3 is 0 Å². The summed E-state index contributed by atoms with van der Waals surface area (Å²) in [5.74, 6) is 0.862. The van der Waals surface area contributed by atoms with Crippen LogP contribution in [0.25, 0.3) is 0 Å². The minimum Gasteiger partial charge on any atom is -0.379 e. The molecule has 3 aliphatic rings. The molecule has 0 spiro atoms. The van der Waals surface area contributed by atoms with E-state index in [2.05, 4.69) is 31.1 Å². The van der Waals surface area contributed by atoms with Crippen LogP contribution in [0.5, 0.6) is 0 Å². The SMILES string of the molecule is N#Cc1cccnc1N1CCN(CC(=O)NCC2(N3CCOCC3)CCCCC2)CC1. The molecular weight excluding hydrogens is 392 g/mol. The van der Waals surface area contributed by atoms with Gasteiger partial charge in [-0.3, -0.25) is 14.6 Å². The Balaban J connectivity index is 1.27. The highest BCUT2D eigenvalue weighted by Gasteiger charge is 2.38. The van der Waals surface area contributed by atoms with Gasteiger partial charge in [-0.2, -0.15) is 5.26 Å². The van der Waals surface area contributed by atoms with Crippen molar-refractivity contribution in [1.82, 2.24) is 20.1 Å². The summed E-state index contributed by atoms with van der Waals surface area (Å²) in [6.07, 6.45) is 7.84. The van der Waals surface area contributed by atoms with E-state index in [1.54, 1.807) is 18.3 Å². The normalized spacial score (nSPS) is 22.6. The molecule has 0 radical (unpaired) electrons. The van der Waals surface area contributed by atoms with E-state index < -0.39 is 0 Å². The van der Waals surface area contributed by atoms with Crippen LogP contribution in [-0.2, 0) is 9.53 Å². The Kier molecular flexibility index (Phi) is 7.38. The summed E-state index contributed by atoms with van der Waals surface area (Å²) in [5, 5.41) is 12.6. The standard InChI is InChI=1S/C23H34N6O2/c24-17-20-5-4-8-25-22(20)28-11-9-27(10-12-28)18-21(30)26-19-23(6-2-1-3-7-23)29-13-15-31-16-14-29/h4-5,8H,1-3,6-7,9-16,18-19H2,(H,26,30). The summed E-state index contributed by atoms with van der Waals surface area (Å²) in [7, 11) is 0. The third-order valence-electron chi connectivity index (χ3n) is 7.03. The number of rotatable bonds is 6. The lowest BCUT2D eigenvalue weighted by molar-refractivity contribution is -0.123. The van der Waals surface area contributed by atoms with E-state index in [1.807, 2.05) is 0 Å². The van der Waals surface area contributed by atoms with Gasteiger partial charge in [0, 0.05) is 57.5 Å². The molecular formula is C23H34N6O2. The first-order chi connectivity index (χ1) is 15.2. The number of carbonyl (C=O) groups is 1. The maximum Gasteiger partial charge on any atom is 0.234 e. The van der Waals surface area contributed by atoms with Gasteiger partial charge in [0.1, 0.15) is 11.9 Å². The Hall–Kier alpha value is -2.21. The first-order valence-corrected chi connectivity index (χ1v) is 11.6. The van der Waals surface area contributed by atoms with Crippen LogP contribution in [0.4, 0.5) is 5.82 Å². The molecule has 31 heavy (non-hydrogen) atoms. The number of amides is 1. The molecule has 0 bridgehead atoms. The van der Waals surface area contributed by atoms with Gasteiger partial charge in [0.25, 0.3) is 0 Å². The predicted octanol–water partition coefficient (Wildman–Crippen LogP) is 1.23. The first-order valence-electron chi connectivity index (χ1n) is 11.6. The van der Waals surface area contributed by atoms with Crippen LogP contribution >= 0.6 is 0 Å². The van der Waals surface area contributed by atoms with Gasteiger partial charge in [-0.25, -0.2) is 4.98 Å². The number of carbonyl (C=O) groups excluding carboxylic acids is 1. The quantitative estimate of drug-likeness (QED) is 0.732. The van der Waals surface area contributed by atoms with Gasteiger partial charge in [-0.05, 0) is 25.0 Å². The zero-order valence-electron chi connectivity index (χ0n) is 18.4. The highest BCUT2D eigenvalue weighted by molar-refractivity contribution is 5.78. The largest absolute Gasteiger partial charge is 0.379 e. The van der Waals surface area contributed by atoms with Gasteiger partial charge in [-0.15, -0.1) is 0 Å². The van der Waals surface area contributed by atoms with Crippen molar-refractivity contribution >= 4 is 11.7 Å². The summed E-state index contributed by atoms with van der Waals surface area (Å²) >= 11 is 0. The minimum absolute atomic E-state index is 0.100. The van der Waals surface area contributed by atoms with Crippen LogP contribution in [0, 0.1) is 11.3 Å². The number of nitriles is 1. The van der Waals surface area contributed by atoms with Gasteiger partial charge in [-0.1, -0.05) is 19.3 Å². The van der Waals surface area contributed by atoms with Crippen LogP contribution in [-0.4, -0.2) is 91.8 Å². The monoisotopic (exact) mass is 426 g/mol. The number of hydrogen-bond acceptors (Lipinski definition) is 7. The fourth-order valence-corrected chi connectivity index (χ4v) is 5.23. The first kappa shape index (κ1) is 22.0. The molecule has 1 aromatic rings. The summed E-state index contributed by atoms with van der Waals surface area (Å²) < 4.78 is 5.55. The van der Waals surface area contributed by atoms with Crippen molar-refractivity contribution in [2.45, 2.75) is 37.6 Å². The van der Waals surface area contributed by atoms with Crippen molar-refractivity contribution in [3.05, 3.63) is 23.9 Å². The van der Waals surface area contributed by atoms with E-state index in [9.17, 15) is 10.1 Å². The van der Waals surface area contributed by atoms with E-state index in [0.717, 1.165) is 77.7 Å². The molecule has 8 heteroatoms. The second-order valence-corrected chi connectivity index (χ2v) is 8.91. The molecule has 4 rings (SSSR count). The average Bonchev–Trinajstić information content (AvgIpc) is 2.84. The summed E-state index contributed by atoms with van der Waals surface area (Å²) in [6, 6.07) is 5.81. The third-order valence-corrected chi connectivity index (χ3v) is 7.03. The molecule has 2 aliphatic heterocycles. The number of morpholine rings is 1. The number of hydrogen-bond donors (Lipinski definition) is 1. The van der Waals surface area contributed by atoms with E-state index >= 15 is 0 Å². The molecule has 0 atom stereocenters. The van der Waals surface area contributed by atoms with E-state index in [0.29, 0.717) is 12.1 Å². The van der Waals surface area contributed by atoms with Crippen LogP contribution in [0.2, 0.25) is 0 Å². The fraction of sp³-hybridized carbons (Fsp3) is 0.696. The topological polar surface area (TPSA) is 84.7 Å². The maximum atomic E-state index is 12.8. The minimum atomic E-state index is 0.100. The van der Waals surface area contributed by atoms with Gasteiger partial charge < -0.3 is 15.0 Å². The Labute approximate surface area is 185 Å². The van der Waals surface area contributed by atoms with Gasteiger partial charge in [0.2, 0.25) is 5.91 Å². The number of piperazine rings is 1. The Bertz CT molecular complexity index is 775. The van der Waals surface area contributed by atoms with Crippen LogP contribution < -0.4 is 10.2 Å². The van der Waals surface area contributed by atoms with E-state index in [1.165, 1.54) is 19.3 Å². The van der Waals surface area contributed by atoms with Crippen molar-refractivity contribution < 1.29 is 9.53 Å². The highest BCUT2D eigenvalue weighted by atomic mass is 16.5. The van der Waals surface area contributed by atoms with E-state index in [4.69, 9.17) is 4.74 Å². The van der Waals surface area contributed by atoms with Crippen LogP contribution in [0.1, 0.15) is 37.7 Å². The highest BCUT2D eigenvalue weighted by Crippen LogP contribution is 2.33. The molecule has 0 aromatic carbocycles. The molecule has 1 saturated carbocycles. The van der Waals surface area contributed by atoms with Crippen molar-refractivity contribution in [3.8, 4) is 6.07 Å². The number of pyridine rings is 1. The van der Waals surface area contributed by atoms with E-state index in [-0.39, 0.29) is 11.4 Å². The maximum absolute atomic E-state index is 12.8. The molecule has 3 heterocycles. The number of anilines is 1. The molecule has 1 aromatic heterocycles. The Morgan fingerprint density at radius 2 is 1.87 bits per heavy atom. The smallest absolute Gasteiger partial charge is 0.234 e. The lowest BCUT2D eigenvalue weighted by atomic mass is 9.79.